The highest BCUT2D eigenvalue weighted by molar-refractivity contribution is 7.08. The molecule has 0 aromatic carbocycles. The summed E-state index contributed by atoms with van der Waals surface area (Å²) in [6, 6.07) is 3.46. The molecule has 2 aromatic rings. The van der Waals surface area contributed by atoms with Gasteiger partial charge in [0.2, 0.25) is 11.9 Å². The summed E-state index contributed by atoms with van der Waals surface area (Å²) in [6.07, 6.45) is 1.81. The largest absolute Gasteiger partial charge is 0.294 e. The van der Waals surface area contributed by atoms with Crippen LogP contribution in [0.4, 0.5) is 5.95 Å². The highest BCUT2D eigenvalue weighted by Gasteiger charge is 2.06. The summed E-state index contributed by atoms with van der Waals surface area (Å²) in [7, 11) is 0. The zero-order valence-corrected chi connectivity index (χ0v) is 9.76. The molecular weight excluding hydrogens is 246 g/mol. The number of aromatic nitrogens is 2. The smallest absolute Gasteiger partial charge is 0.231 e. The molecule has 0 atom stereocenters. The van der Waals surface area contributed by atoms with Crippen molar-refractivity contribution in [3.63, 3.8) is 0 Å². The van der Waals surface area contributed by atoms with Crippen LogP contribution in [0.15, 0.2) is 29.1 Å². The molecule has 6 heteroatoms. The lowest BCUT2D eigenvalue weighted by Gasteiger charge is -2.01. The van der Waals surface area contributed by atoms with Crippen molar-refractivity contribution in [3.05, 3.63) is 39.8 Å². The van der Waals surface area contributed by atoms with Crippen molar-refractivity contribution >= 4 is 34.8 Å². The zero-order valence-electron chi connectivity index (χ0n) is 8.18. The Hall–Kier alpha value is -1.46. The maximum atomic E-state index is 11.6. The van der Waals surface area contributed by atoms with Gasteiger partial charge in [-0.05, 0) is 28.5 Å². The van der Waals surface area contributed by atoms with E-state index in [0.29, 0.717) is 11.6 Å². The number of thiophene rings is 1. The van der Waals surface area contributed by atoms with Crippen LogP contribution in [-0.2, 0) is 11.2 Å². The van der Waals surface area contributed by atoms with E-state index in [1.807, 2.05) is 16.8 Å². The Morgan fingerprint density at radius 1 is 1.50 bits per heavy atom. The molecule has 2 heterocycles. The number of anilines is 1. The van der Waals surface area contributed by atoms with Gasteiger partial charge in [0.25, 0.3) is 0 Å². The molecule has 2 rings (SSSR count). The summed E-state index contributed by atoms with van der Waals surface area (Å²) in [5, 5.41) is 6.74. The second-order valence-electron chi connectivity index (χ2n) is 3.06. The Morgan fingerprint density at radius 2 is 2.38 bits per heavy atom. The Labute approximate surface area is 101 Å². The molecule has 0 saturated carbocycles. The lowest BCUT2D eigenvalue weighted by molar-refractivity contribution is -0.115. The average Bonchev–Trinajstić information content (AvgIpc) is 2.70. The summed E-state index contributed by atoms with van der Waals surface area (Å²) in [6.45, 7) is 0. The Morgan fingerprint density at radius 3 is 3.06 bits per heavy atom. The summed E-state index contributed by atoms with van der Waals surface area (Å²) >= 11 is 7.23. The standard InChI is InChI=1S/C10H8ClN3OS/c11-8-1-3-12-10(13-8)14-9(15)5-7-2-4-16-6-7/h1-4,6H,5H2,(H,12,13,14,15). The fourth-order valence-electron chi connectivity index (χ4n) is 1.14. The number of nitrogens with one attached hydrogen (secondary N) is 1. The number of carbonyl (C=O) groups excluding carboxylic acids is 1. The van der Waals surface area contributed by atoms with Gasteiger partial charge in [0.1, 0.15) is 5.15 Å². The maximum Gasteiger partial charge on any atom is 0.231 e. The van der Waals surface area contributed by atoms with Gasteiger partial charge in [0, 0.05) is 6.20 Å². The summed E-state index contributed by atoms with van der Waals surface area (Å²) in [5.74, 6) is 0.0772. The number of hydrogen-bond acceptors (Lipinski definition) is 4. The topological polar surface area (TPSA) is 54.9 Å². The maximum absolute atomic E-state index is 11.6. The van der Waals surface area contributed by atoms with Gasteiger partial charge in [-0.2, -0.15) is 11.3 Å². The molecule has 0 fully saturated rings. The van der Waals surface area contributed by atoms with Crippen molar-refractivity contribution in [1.82, 2.24) is 9.97 Å². The minimum Gasteiger partial charge on any atom is -0.294 e. The highest BCUT2D eigenvalue weighted by atomic mass is 35.5. The summed E-state index contributed by atoms with van der Waals surface area (Å²) < 4.78 is 0. The first-order valence-electron chi connectivity index (χ1n) is 4.53. The van der Waals surface area contributed by atoms with E-state index in [2.05, 4.69) is 15.3 Å². The second-order valence-corrected chi connectivity index (χ2v) is 4.23. The minimum absolute atomic E-state index is 0.152. The lowest BCUT2D eigenvalue weighted by Crippen LogP contribution is -2.15. The van der Waals surface area contributed by atoms with E-state index in [1.165, 1.54) is 6.20 Å². The van der Waals surface area contributed by atoms with Crippen molar-refractivity contribution in [2.24, 2.45) is 0 Å². The van der Waals surface area contributed by atoms with Gasteiger partial charge in [0.15, 0.2) is 0 Å². The first kappa shape index (κ1) is 11.0. The number of nitrogens with zero attached hydrogens (tertiary/aromatic N) is 2. The Balaban J connectivity index is 1.97. The van der Waals surface area contributed by atoms with Crippen LogP contribution in [0.25, 0.3) is 0 Å². The molecule has 82 valence electrons. The van der Waals surface area contributed by atoms with E-state index < -0.39 is 0 Å². The van der Waals surface area contributed by atoms with Crippen molar-refractivity contribution < 1.29 is 4.79 Å². The van der Waals surface area contributed by atoms with Crippen LogP contribution >= 0.6 is 22.9 Å². The lowest BCUT2D eigenvalue weighted by atomic mass is 10.2. The summed E-state index contributed by atoms with van der Waals surface area (Å²) in [4.78, 5) is 19.3. The molecule has 1 N–H and O–H groups in total. The minimum atomic E-state index is -0.152. The van der Waals surface area contributed by atoms with E-state index in [9.17, 15) is 4.79 Å². The zero-order chi connectivity index (χ0) is 11.4. The van der Waals surface area contributed by atoms with Crippen molar-refractivity contribution in [3.8, 4) is 0 Å². The van der Waals surface area contributed by atoms with Crippen LogP contribution in [0.1, 0.15) is 5.56 Å². The average molecular weight is 254 g/mol. The molecule has 0 bridgehead atoms. The molecule has 16 heavy (non-hydrogen) atoms. The predicted octanol–water partition coefficient (Wildman–Crippen LogP) is 2.37. The molecule has 0 radical (unpaired) electrons. The van der Waals surface area contributed by atoms with Gasteiger partial charge in [-0.3, -0.25) is 10.1 Å². The van der Waals surface area contributed by atoms with Crippen LogP contribution in [0.3, 0.4) is 0 Å². The Kier molecular flexibility index (Phi) is 3.48. The molecular formula is C10H8ClN3OS. The Bertz CT molecular complexity index is 487. The van der Waals surface area contributed by atoms with Crippen LogP contribution in [0.2, 0.25) is 5.15 Å². The fourth-order valence-corrected chi connectivity index (χ4v) is 1.95. The van der Waals surface area contributed by atoms with Gasteiger partial charge < -0.3 is 0 Å². The van der Waals surface area contributed by atoms with E-state index in [-0.39, 0.29) is 11.9 Å². The van der Waals surface area contributed by atoms with E-state index in [1.54, 1.807) is 17.4 Å². The molecule has 0 spiro atoms. The molecule has 0 saturated heterocycles. The molecule has 0 aliphatic heterocycles. The van der Waals surface area contributed by atoms with Gasteiger partial charge in [-0.1, -0.05) is 11.6 Å². The SMILES string of the molecule is O=C(Cc1ccsc1)Nc1nccc(Cl)n1. The number of rotatable bonds is 3. The van der Waals surface area contributed by atoms with E-state index in [0.717, 1.165) is 5.56 Å². The van der Waals surface area contributed by atoms with Crippen LogP contribution in [0.5, 0.6) is 0 Å². The van der Waals surface area contributed by atoms with Gasteiger partial charge in [0.05, 0.1) is 6.42 Å². The van der Waals surface area contributed by atoms with Crippen molar-refractivity contribution in [2.75, 3.05) is 5.32 Å². The first-order chi connectivity index (χ1) is 7.74. The molecule has 0 aliphatic rings. The molecule has 1 amide bonds. The molecule has 0 aliphatic carbocycles. The third-order valence-corrected chi connectivity index (χ3v) is 2.76. The van der Waals surface area contributed by atoms with Crippen molar-refractivity contribution in [2.45, 2.75) is 6.42 Å². The van der Waals surface area contributed by atoms with Crippen LogP contribution in [0, 0.1) is 0 Å². The van der Waals surface area contributed by atoms with Gasteiger partial charge in [-0.25, -0.2) is 9.97 Å². The van der Waals surface area contributed by atoms with Crippen LogP contribution < -0.4 is 5.32 Å². The quantitative estimate of drug-likeness (QED) is 0.855. The normalized spacial score (nSPS) is 10.1. The second kappa shape index (κ2) is 5.05. The molecule has 0 unspecified atom stereocenters. The van der Waals surface area contributed by atoms with E-state index in [4.69, 9.17) is 11.6 Å². The van der Waals surface area contributed by atoms with Gasteiger partial charge in [-0.15, -0.1) is 0 Å². The van der Waals surface area contributed by atoms with E-state index >= 15 is 0 Å². The number of halogens is 1. The van der Waals surface area contributed by atoms with Gasteiger partial charge >= 0.3 is 0 Å². The molecule has 4 nitrogen and oxygen atoms in total. The number of amides is 1. The monoisotopic (exact) mass is 253 g/mol. The number of hydrogen-bond donors (Lipinski definition) is 1. The fraction of sp³-hybridized carbons (Fsp3) is 0.100. The number of carbonyl (C=O) groups is 1. The third kappa shape index (κ3) is 3.01. The highest BCUT2D eigenvalue weighted by Crippen LogP contribution is 2.09. The predicted molar refractivity (Wildman–Crippen MR) is 63.7 cm³/mol. The molecule has 2 aromatic heterocycles. The summed E-state index contributed by atoms with van der Waals surface area (Å²) in [5.41, 5.74) is 0.976. The van der Waals surface area contributed by atoms with Crippen molar-refractivity contribution in [1.29, 1.82) is 0 Å². The third-order valence-electron chi connectivity index (χ3n) is 1.82. The van der Waals surface area contributed by atoms with Crippen LogP contribution in [-0.4, -0.2) is 15.9 Å². The first-order valence-corrected chi connectivity index (χ1v) is 5.85.